The minimum absolute atomic E-state index is 0.186. The molecule has 1 unspecified atom stereocenters. The molecule has 3 rings (SSSR count). The van der Waals surface area contributed by atoms with Gasteiger partial charge in [0.25, 0.3) is 5.91 Å². The average Bonchev–Trinajstić information content (AvgIpc) is 2.89. The Bertz CT molecular complexity index is 648. The highest BCUT2D eigenvalue weighted by atomic mass is 32.1. The molecule has 0 saturated carbocycles. The van der Waals surface area contributed by atoms with Crippen LogP contribution in [-0.4, -0.2) is 24.8 Å². The zero-order valence-electron chi connectivity index (χ0n) is 10.4. The number of benzene rings is 1. The smallest absolute Gasteiger partial charge is 0.266 e. The van der Waals surface area contributed by atoms with E-state index in [0.29, 0.717) is 0 Å². The molecular formula is C14H13N3OS. The number of hydrogen-bond acceptors (Lipinski definition) is 4. The van der Waals surface area contributed by atoms with Crippen molar-refractivity contribution in [2.45, 2.75) is 6.17 Å². The number of rotatable bonds is 1. The third-order valence-corrected chi connectivity index (χ3v) is 4.09. The number of carbonyl (C=O) groups is 1. The van der Waals surface area contributed by atoms with E-state index >= 15 is 0 Å². The van der Waals surface area contributed by atoms with Crippen LogP contribution in [-0.2, 0) is 4.79 Å². The van der Waals surface area contributed by atoms with E-state index in [0.717, 1.165) is 21.8 Å². The van der Waals surface area contributed by atoms with Crippen LogP contribution in [0.15, 0.2) is 46.8 Å². The Kier molecular flexibility index (Phi) is 2.93. The number of anilines is 1. The SMILES string of the molecule is CN1C(=O)C(N)N=C(c2ccccc2)c2ccsc21. The fourth-order valence-electron chi connectivity index (χ4n) is 2.13. The van der Waals surface area contributed by atoms with Gasteiger partial charge >= 0.3 is 0 Å². The molecule has 19 heavy (non-hydrogen) atoms. The fourth-order valence-corrected chi connectivity index (χ4v) is 3.00. The van der Waals surface area contributed by atoms with Crippen LogP contribution in [0.25, 0.3) is 0 Å². The van der Waals surface area contributed by atoms with Crippen molar-refractivity contribution in [3.8, 4) is 0 Å². The molecule has 1 amide bonds. The second kappa shape index (κ2) is 4.60. The van der Waals surface area contributed by atoms with E-state index in [9.17, 15) is 4.79 Å². The van der Waals surface area contributed by atoms with Gasteiger partial charge in [-0.3, -0.25) is 9.79 Å². The highest BCUT2D eigenvalue weighted by molar-refractivity contribution is 7.14. The number of thiophene rings is 1. The standard InChI is InChI=1S/C14H13N3OS/c1-17-13(18)12(15)16-11(9-5-3-2-4-6-9)10-7-8-19-14(10)17/h2-8,12H,15H2,1H3. The topological polar surface area (TPSA) is 58.7 Å². The fraction of sp³-hybridized carbons (Fsp3) is 0.143. The molecule has 0 radical (unpaired) electrons. The molecule has 1 aromatic carbocycles. The quantitative estimate of drug-likeness (QED) is 0.860. The van der Waals surface area contributed by atoms with Gasteiger partial charge in [-0.25, -0.2) is 0 Å². The molecule has 1 aliphatic rings. The lowest BCUT2D eigenvalue weighted by Crippen LogP contribution is -2.39. The van der Waals surface area contributed by atoms with Gasteiger partial charge in [-0.15, -0.1) is 11.3 Å². The van der Waals surface area contributed by atoms with Crippen LogP contribution < -0.4 is 10.6 Å². The van der Waals surface area contributed by atoms with Crippen LogP contribution in [0.4, 0.5) is 5.00 Å². The first kappa shape index (κ1) is 12.1. The van der Waals surface area contributed by atoms with Crippen molar-refractivity contribution < 1.29 is 4.79 Å². The minimum Gasteiger partial charge on any atom is -0.303 e. The number of amides is 1. The molecule has 0 bridgehead atoms. The molecule has 1 aromatic heterocycles. The minimum atomic E-state index is -0.847. The van der Waals surface area contributed by atoms with Crippen LogP contribution in [0.1, 0.15) is 11.1 Å². The molecule has 2 aromatic rings. The number of nitrogens with two attached hydrogens (primary N) is 1. The normalized spacial score (nSPS) is 18.8. The summed E-state index contributed by atoms with van der Waals surface area (Å²) in [5.74, 6) is -0.186. The lowest BCUT2D eigenvalue weighted by atomic mass is 10.0. The van der Waals surface area contributed by atoms with E-state index in [1.54, 1.807) is 11.9 Å². The molecule has 96 valence electrons. The highest BCUT2D eigenvalue weighted by Crippen LogP contribution is 2.31. The number of hydrogen-bond donors (Lipinski definition) is 1. The van der Waals surface area contributed by atoms with Crippen LogP contribution in [0.3, 0.4) is 0 Å². The van der Waals surface area contributed by atoms with E-state index < -0.39 is 6.17 Å². The number of nitrogens with zero attached hydrogens (tertiary/aromatic N) is 2. The number of fused-ring (bicyclic) bond motifs is 1. The molecule has 2 heterocycles. The monoisotopic (exact) mass is 271 g/mol. The van der Waals surface area contributed by atoms with Gasteiger partial charge < -0.3 is 10.6 Å². The molecule has 5 heteroatoms. The third kappa shape index (κ3) is 1.97. The molecule has 0 saturated heterocycles. The Balaban J connectivity index is 2.21. The molecule has 4 nitrogen and oxygen atoms in total. The van der Waals surface area contributed by atoms with E-state index in [4.69, 9.17) is 5.73 Å². The van der Waals surface area contributed by atoms with Gasteiger partial charge in [0, 0.05) is 18.2 Å². The third-order valence-electron chi connectivity index (χ3n) is 3.10. The average molecular weight is 271 g/mol. The van der Waals surface area contributed by atoms with Gasteiger partial charge in [0.15, 0.2) is 6.17 Å². The summed E-state index contributed by atoms with van der Waals surface area (Å²) in [4.78, 5) is 18.1. The van der Waals surface area contributed by atoms with Gasteiger partial charge in [-0.1, -0.05) is 30.3 Å². The van der Waals surface area contributed by atoms with Gasteiger partial charge in [-0.05, 0) is 11.4 Å². The lowest BCUT2D eigenvalue weighted by Gasteiger charge is -2.15. The second-order valence-electron chi connectivity index (χ2n) is 4.33. The number of likely N-dealkylation sites (N-methyl/N-ethyl adjacent to an activating group) is 1. The van der Waals surface area contributed by atoms with E-state index in [2.05, 4.69) is 4.99 Å². The zero-order chi connectivity index (χ0) is 13.4. The summed E-state index contributed by atoms with van der Waals surface area (Å²) in [6.07, 6.45) is -0.847. The first-order valence-electron chi connectivity index (χ1n) is 5.92. The number of carbonyl (C=O) groups excluding carboxylic acids is 1. The Morgan fingerprint density at radius 1 is 1.26 bits per heavy atom. The Morgan fingerprint density at radius 2 is 2.00 bits per heavy atom. The van der Waals surface area contributed by atoms with Crippen molar-refractivity contribution in [3.63, 3.8) is 0 Å². The summed E-state index contributed by atoms with van der Waals surface area (Å²) in [6, 6.07) is 11.8. The van der Waals surface area contributed by atoms with Crippen molar-refractivity contribution in [3.05, 3.63) is 52.9 Å². The van der Waals surface area contributed by atoms with E-state index in [-0.39, 0.29) is 5.91 Å². The van der Waals surface area contributed by atoms with Crippen molar-refractivity contribution in [1.29, 1.82) is 0 Å². The van der Waals surface area contributed by atoms with Gasteiger partial charge in [-0.2, -0.15) is 0 Å². The van der Waals surface area contributed by atoms with Crippen molar-refractivity contribution in [2.24, 2.45) is 10.7 Å². The predicted molar refractivity (Wildman–Crippen MR) is 77.8 cm³/mol. The lowest BCUT2D eigenvalue weighted by molar-refractivity contribution is -0.119. The van der Waals surface area contributed by atoms with Gasteiger partial charge in [0.05, 0.1) is 5.71 Å². The summed E-state index contributed by atoms with van der Waals surface area (Å²) in [6.45, 7) is 0. The maximum atomic E-state index is 12.1. The maximum absolute atomic E-state index is 12.1. The Labute approximate surface area is 115 Å². The summed E-state index contributed by atoms with van der Waals surface area (Å²) in [5, 5.41) is 2.85. The molecule has 0 spiro atoms. The van der Waals surface area contributed by atoms with Crippen molar-refractivity contribution in [2.75, 3.05) is 11.9 Å². The van der Waals surface area contributed by atoms with Crippen molar-refractivity contribution >= 4 is 28.0 Å². The molecule has 1 aliphatic heterocycles. The van der Waals surface area contributed by atoms with Crippen molar-refractivity contribution in [1.82, 2.24) is 0 Å². The molecule has 0 fully saturated rings. The Morgan fingerprint density at radius 3 is 2.74 bits per heavy atom. The highest BCUT2D eigenvalue weighted by Gasteiger charge is 2.28. The van der Waals surface area contributed by atoms with Crippen LogP contribution >= 0.6 is 11.3 Å². The van der Waals surface area contributed by atoms with Crippen LogP contribution in [0.5, 0.6) is 0 Å². The van der Waals surface area contributed by atoms with Gasteiger partial charge in [0.1, 0.15) is 5.00 Å². The molecular weight excluding hydrogens is 258 g/mol. The van der Waals surface area contributed by atoms with E-state index in [1.165, 1.54) is 11.3 Å². The largest absolute Gasteiger partial charge is 0.303 e. The molecule has 0 aliphatic carbocycles. The van der Waals surface area contributed by atoms with Crippen LogP contribution in [0.2, 0.25) is 0 Å². The summed E-state index contributed by atoms with van der Waals surface area (Å²) >= 11 is 1.52. The van der Waals surface area contributed by atoms with Crippen LogP contribution in [0, 0.1) is 0 Å². The second-order valence-corrected chi connectivity index (χ2v) is 5.22. The molecule has 1 atom stereocenters. The van der Waals surface area contributed by atoms with E-state index in [1.807, 2.05) is 41.8 Å². The zero-order valence-corrected chi connectivity index (χ0v) is 11.2. The summed E-state index contributed by atoms with van der Waals surface area (Å²) in [7, 11) is 1.74. The summed E-state index contributed by atoms with van der Waals surface area (Å²) in [5.41, 5.74) is 8.57. The summed E-state index contributed by atoms with van der Waals surface area (Å²) < 4.78 is 0. The Hall–Kier alpha value is -1.98. The predicted octanol–water partition coefficient (Wildman–Crippen LogP) is 1.85. The number of aliphatic imine (C=N–C) groups is 1. The molecule has 2 N–H and O–H groups in total. The van der Waals surface area contributed by atoms with Gasteiger partial charge in [0.2, 0.25) is 0 Å². The first-order chi connectivity index (χ1) is 9.18. The maximum Gasteiger partial charge on any atom is 0.266 e. The first-order valence-corrected chi connectivity index (χ1v) is 6.80.